The quantitative estimate of drug-likeness (QED) is 0.614. The van der Waals surface area contributed by atoms with Crippen LogP contribution >= 0.6 is 11.6 Å². The number of piperidine rings is 1. The Kier molecular flexibility index (Phi) is 5.04. The van der Waals surface area contributed by atoms with Crippen LogP contribution in [0, 0.1) is 6.92 Å². The number of rotatable bonds is 5. The van der Waals surface area contributed by atoms with E-state index in [-0.39, 0.29) is 5.92 Å². The SMILES string of the molecule is Cc1cc2cnc(Nc3cnn(C4CC4)c3Cl)nc2cc1[C@@H]1CCN(C2COC2)C[C@H]1F. The second-order valence-corrected chi connectivity index (χ2v) is 9.57. The molecule has 1 N–H and O–H groups in total. The van der Waals surface area contributed by atoms with Crippen molar-refractivity contribution in [2.45, 2.75) is 50.4 Å². The standard InChI is InChI=1S/C23H26ClFN6O/c1-13-6-14-8-26-23(29-21-9-27-31(22(21)24)15-2-3-15)28-20(14)7-18(13)17-4-5-30(10-19(17)25)16-11-32-12-16/h6-9,15-17,19H,2-5,10-12H2,1H3,(H,26,28,29)/t17-,19+/m0/s1. The lowest BCUT2D eigenvalue weighted by atomic mass is 9.84. The first-order chi connectivity index (χ1) is 15.6. The lowest BCUT2D eigenvalue weighted by Crippen LogP contribution is -2.54. The minimum Gasteiger partial charge on any atom is -0.378 e. The van der Waals surface area contributed by atoms with Gasteiger partial charge in [-0.05, 0) is 56.0 Å². The molecule has 0 unspecified atom stereocenters. The molecule has 168 valence electrons. The number of likely N-dealkylation sites (tertiary alicyclic amines) is 1. The molecule has 3 aromatic rings. The van der Waals surface area contributed by atoms with Crippen molar-refractivity contribution in [2.24, 2.45) is 0 Å². The van der Waals surface area contributed by atoms with Crippen LogP contribution in [0.5, 0.6) is 0 Å². The summed E-state index contributed by atoms with van der Waals surface area (Å²) < 4.78 is 22.3. The van der Waals surface area contributed by atoms with Gasteiger partial charge in [0.2, 0.25) is 5.95 Å². The Morgan fingerprint density at radius 2 is 2.00 bits per heavy atom. The van der Waals surface area contributed by atoms with Crippen molar-refractivity contribution in [3.8, 4) is 0 Å². The Balaban J connectivity index is 1.25. The average Bonchev–Trinajstić information content (AvgIpc) is 3.51. The van der Waals surface area contributed by atoms with Crippen molar-refractivity contribution < 1.29 is 9.13 Å². The van der Waals surface area contributed by atoms with Crippen molar-refractivity contribution in [2.75, 3.05) is 31.6 Å². The highest BCUT2D eigenvalue weighted by Gasteiger charge is 2.36. The summed E-state index contributed by atoms with van der Waals surface area (Å²) in [4.78, 5) is 11.4. The van der Waals surface area contributed by atoms with Crippen LogP contribution in [-0.2, 0) is 4.74 Å². The monoisotopic (exact) mass is 456 g/mol. The molecule has 6 rings (SSSR count). The van der Waals surface area contributed by atoms with Gasteiger partial charge in [0.25, 0.3) is 0 Å². The topological polar surface area (TPSA) is 68.1 Å². The van der Waals surface area contributed by atoms with Crippen LogP contribution in [0.4, 0.5) is 16.0 Å². The zero-order valence-electron chi connectivity index (χ0n) is 18.0. The van der Waals surface area contributed by atoms with E-state index in [1.807, 2.05) is 17.7 Å². The third-order valence-electron chi connectivity index (χ3n) is 6.95. The van der Waals surface area contributed by atoms with Gasteiger partial charge in [0.05, 0.1) is 42.7 Å². The van der Waals surface area contributed by atoms with Crippen molar-refractivity contribution >= 4 is 34.1 Å². The van der Waals surface area contributed by atoms with Crippen molar-refractivity contribution in [3.05, 3.63) is 40.8 Å². The molecule has 1 aliphatic carbocycles. The average molecular weight is 457 g/mol. The van der Waals surface area contributed by atoms with E-state index in [9.17, 15) is 0 Å². The zero-order chi connectivity index (χ0) is 21.8. The maximum Gasteiger partial charge on any atom is 0.227 e. The lowest BCUT2D eigenvalue weighted by molar-refractivity contribution is -0.0807. The molecule has 9 heteroatoms. The fraction of sp³-hybridized carbons (Fsp3) is 0.522. The molecule has 2 saturated heterocycles. The second-order valence-electron chi connectivity index (χ2n) is 9.21. The molecule has 7 nitrogen and oxygen atoms in total. The van der Waals surface area contributed by atoms with E-state index in [0.29, 0.717) is 35.4 Å². The number of ether oxygens (including phenoxy) is 1. The van der Waals surface area contributed by atoms with E-state index in [1.165, 1.54) is 0 Å². The number of nitrogens with one attached hydrogen (secondary N) is 1. The zero-order valence-corrected chi connectivity index (χ0v) is 18.7. The van der Waals surface area contributed by atoms with Gasteiger partial charge in [-0.25, -0.2) is 19.0 Å². The smallest absolute Gasteiger partial charge is 0.227 e. The number of benzene rings is 1. The van der Waals surface area contributed by atoms with Gasteiger partial charge in [0.15, 0.2) is 5.15 Å². The van der Waals surface area contributed by atoms with Gasteiger partial charge in [-0.3, -0.25) is 4.90 Å². The summed E-state index contributed by atoms with van der Waals surface area (Å²) in [5.74, 6) is 0.343. The number of aromatic nitrogens is 4. The van der Waals surface area contributed by atoms with Crippen LogP contribution in [-0.4, -0.2) is 63.2 Å². The van der Waals surface area contributed by atoms with Crippen LogP contribution in [0.2, 0.25) is 5.15 Å². The summed E-state index contributed by atoms with van der Waals surface area (Å²) >= 11 is 6.47. The van der Waals surface area contributed by atoms with Gasteiger partial charge >= 0.3 is 0 Å². The molecule has 2 aromatic heterocycles. The maximum atomic E-state index is 15.2. The van der Waals surface area contributed by atoms with Gasteiger partial charge in [-0.1, -0.05) is 11.6 Å². The molecule has 32 heavy (non-hydrogen) atoms. The Morgan fingerprint density at radius 3 is 2.72 bits per heavy atom. The first kappa shape index (κ1) is 20.3. The fourth-order valence-electron chi connectivity index (χ4n) is 4.84. The Hall–Kier alpha value is -2.29. The predicted octanol–water partition coefficient (Wildman–Crippen LogP) is 4.39. The van der Waals surface area contributed by atoms with E-state index in [1.54, 1.807) is 12.4 Å². The number of aryl methyl sites for hydroxylation is 1. The van der Waals surface area contributed by atoms with E-state index in [2.05, 4.69) is 26.4 Å². The number of hydrogen-bond donors (Lipinski definition) is 1. The molecule has 0 spiro atoms. The Bertz CT molecular complexity index is 1160. The number of halogens is 2. The van der Waals surface area contributed by atoms with E-state index >= 15 is 4.39 Å². The summed E-state index contributed by atoms with van der Waals surface area (Å²) in [6, 6.07) is 4.87. The molecule has 2 atom stereocenters. The van der Waals surface area contributed by atoms with Crippen LogP contribution in [0.25, 0.3) is 10.9 Å². The highest BCUT2D eigenvalue weighted by molar-refractivity contribution is 6.32. The van der Waals surface area contributed by atoms with E-state index in [4.69, 9.17) is 21.3 Å². The number of nitrogens with zero attached hydrogens (tertiary/aromatic N) is 5. The van der Waals surface area contributed by atoms with Gasteiger partial charge in [0, 0.05) is 24.0 Å². The first-order valence-electron chi connectivity index (χ1n) is 11.3. The molecule has 0 bridgehead atoms. The van der Waals surface area contributed by atoms with Crippen molar-refractivity contribution in [3.63, 3.8) is 0 Å². The van der Waals surface area contributed by atoms with Crippen LogP contribution in [0.15, 0.2) is 24.5 Å². The number of anilines is 2. The van der Waals surface area contributed by atoms with Crippen molar-refractivity contribution in [1.82, 2.24) is 24.6 Å². The fourth-order valence-corrected chi connectivity index (χ4v) is 5.12. The highest BCUT2D eigenvalue weighted by Crippen LogP contribution is 2.39. The summed E-state index contributed by atoms with van der Waals surface area (Å²) in [6.45, 7) is 4.87. The summed E-state index contributed by atoms with van der Waals surface area (Å²) in [5, 5.41) is 9.08. The molecule has 3 fully saturated rings. The summed E-state index contributed by atoms with van der Waals surface area (Å²) in [5.41, 5.74) is 3.62. The molecule has 0 radical (unpaired) electrons. The van der Waals surface area contributed by atoms with E-state index < -0.39 is 6.17 Å². The van der Waals surface area contributed by atoms with Crippen molar-refractivity contribution in [1.29, 1.82) is 0 Å². The third-order valence-corrected chi connectivity index (χ3v) is 7.33. The largest absolute Gasteiger partial charge is 0.378 e. The molecule has 1 saturated carbocycles. The second kappa shape index (κ2) is 7.93. The molecule has 2 aliphatic heterocycles. The van der Waals surface area contributed by atoms with Gasteiger partial charge < -0.3 is 10.1 Å². The minimum atomic E-state index is -0.896. The lowest BCUT2D eigenvalue weighted by Gasteiger charge is -2.43. The Labute approximate surface area is 190 Å². The minimum absolute atomic E-state index is 0.116. The van der Waals surface area contributed by atoms with Gasteiger partial charge in [-0.2, -0.15) is 5.10 Å². The number of fused-ring (bicyclic) bond motifs is 1. The van der Waals surface area contributed by atoms with Gasteiger partial charge in [0.1, 0.15) is 6.17 Å². The molecular weight excluding hydrogens is 431 g/mol. The molecule has 1 aromatic carbocycles. The molecular formula is C23H26ClFN6O. The van der Waals surface area contributed by atoms with Crippen LogP contribution in [0.3, 0.4) is 0 Å². The van der Waals surface area contributed by atoms with Crippen LogP contribution < -0.4 is 5.32 Å². The Morgan fingerprint density at radius 1 is 1.16 bits per heavy atom. The molecule has 3 aliphatic rings. The maximum absolute atomic E-state index is 15.2. The van der Waals surface area contributed by atoms with Crippen LogP contribution in [0.1, 0.15) is 42.3 Å². The number of hydrogen-bond acceptors (Lipinski definition) is 6. The predicted molar refractivity (Wildman–Crippen MR) is 121 cm³/mol. The normalized spacial score (nSPS) is 24.6. The van der Waals surface area contributed by atoms with E-state index in [0.717, 1.165) is 61.1 Å². The summed E-state index contributed by atoms with van der Waals surface area (Å²) in [6.07, 6.45) is 5.63. The highest BCUT2D eigenvalue weighted by atomic mass is 35.5. The van der Waals surface area contributed by atoms with Gasteiger partial charge in [-0.15, -0.1) is 0 Å². The first-order valence-corrected chi connectivity index (χ1v) is 11.7. The number of alkyl halides is 1. The third kappa shape index (κ3) is 3.64. The molecule has 4 heterocycles. The summed E-state index contributed by atoms with van der Waals surface area (Å²) in [7, 11) is 0. The molecule has 0 amide bonds.